The molecule has 2 heterocycles. The van der Waals surface area contributed by atoms with Gasteiger partial charge >= 0.3 is 0 Å². The molecule has 0 radical (unpaired) electrons. The van der Waals surface area contributed by atoms with Crippen LogP contribution in [0.2, 0.25) is 0 Å². The first-order valence-electron chi connectivity index (χ1n) is 5.40. The van der Waals surface area contributed by atoms with E-state index in [9.17, 15) is 5.26 Å². The third-order valence-corrected chi connectivity index (χ3v) is 4.47. The van der Waals surface area contributed by atoms with E-state index < -0.39 is 0 Å². The molecule has 0 aromatic heterocycles. The van der Waals surface area contributed by atoms with Gasteiger partial charge in [-0.05, 0) is 18.8 Å². The second-order valence-electron chi connectivity index (χ2n) is 4.96. The lowest BCUT2D eigenvalue weighted by molar-refractivity contribution is -0.274. The molecule has 0 amide bonds. The summed E-state index contributed by atoms with van der Waals surface area (Å²) >= 11 is 0. The Labute approximate surface area is 84.0 Å². The zero-order chi connectivity index (χ0) is 9.65. The minimum atomic E-state index is -0.212. The van der Waals surface area contributed by atoms with E-state index in [0.29, 0.717) is 13.2 Å². The van der Waals surface area contributed by atoms with Crippen LogP contribution in [0.1, 0.15) is 19.3 Å². The van der Waals surface area contributed by atoms with Crippen molar-refractivity contribution in [1.82, 2.24) is 0 Å². The summed E-state index contributed by atoms with van der Waals surface area (Å²) in [6, 6.07) is 2.50. The predicted molar refractivity (Wildman–Crippen MR) is 49.5 cm³/mol. The summed E-state index contributed by atoms with van der Waals surface area (Å²) in [6.45, 7) is 2.83. The minimum absolute atomic E-state index is 0.151. The molecule has 3 aliphatic rings. The van der Waals surface area contributed by atoms with E-state index in [1.165, 1.54) is 19.3 Å². The van der Waals surface area contributed by atoms with E-state index in [2.05, 4.69) is 6.07 Å². The van der Waals surface area contributed by atoms with Crippen LogP contribution in [0.25, 0.3) is 0 Å². The third-order valence-electron chi connectivity index (χ3n) is 4.47. The Morgan fingerprint density at radius 2 is 1.71 bits per heavy atom. The predicted octanol–water partition coefficient (Wildman–Crippen LogP) is 1.34. The SMILES string of the molecule is N#CC1(C2(C3CCC3)COC2)COC1. The largest absolute Gasteiger partial charge is 0.380 e. The second-order valence-corrected chi connectivity index (χ2v) is 4.96. The van der Waals surface area contributed by atoms with Crippen LogP contribution < -0.4 is 0 Å². The molecule has 0 bridgehead atoms. The van der Waals surface area contributed by atoms with Gasteiger partial charge in [-0.25, -0.2) is 0 Å². The number of nitrogens with zero attached hydrogens (tertiary/aromatic N) is 1. The molecule has 76 valence electrons. The molecule has 2 aliphatic heterocycles. The van der Waals surface area contributed by atoms with Crippen molar-refractivity contribution in [3.63, 3.8) is 0 Å². The molecule has 3 fully saturated rings. The standard InChI is InChI=1S/C11H15NO2/c12-4-10(5-13-6-10)11(7-14-8-11)9-2-1-3-9/h9H,1-3,5-8H2. The molecule has 0 spiro atoms. The van der Waals surface area contributed by atoms with Crippen molar-refractivity contribution >= 4 is 0 Å². The normalized spacial score (nSPS) is 33.4. The maximum absolute atomic E-state index is 9.32. The Morgan fingerprint density at radius 1 is 1.07 bits per heavy atom. The Kier molecular flexibility index (Phi) is 1.68. The van der Waals surface area contributed by atoms with Gasteiger partial charge in [0.1, 0.15) is 5.41 Å². The lowest BCUT2D eigenvalue weighted by Gasteiger charge is -2.61. The van der Waals surface area contributed by atoms with Gasteiger partial charge in [-0.3, -0.25) is 0 Å². The zero-order valence-corrected chi connectivity index (χ0v) is 8.29. The van der Waals surface area contributed by atoms with Gasteiger partial charge in [-0.2, -0.15) is 5.26 Å². The maximum Gasteiger partial charge on any atom is 0.114 e. The summed E-state index contributed by atoms with van der Waals surface area (Å²) in [4.78, 5) is 0. The molecule has 2 saturated heterocycles. The molecule has 0 aromatic carbocycles. The quantitative estimate of drug-likeness (QED) is 0.664. The average molecular weight is 193 g/mol. The summed E-state index contributed by atoms with van der Waals surface area (Å²) in [7, 11) is 0. The fourth-order valence-corrected chi connectivity index (χ4v) is 2.96. The molecule has 0 aromatic rings. The number of hydrogen-bond donors (Lipinski definition) is 0. The summed E-state index contributed by atoms with van der Waals surface area (Å²) in [6.07, 6.45) is 3.90. The topological polar surface area (TPSA) is 42.2 Å². The van der Waals surface area contributed by atoms with Crippen molar-refractivity contribution in [1.29, 1.82) is 5.26 Å². The average Bonchev–Trinajstić information content (AvgIpc) is 1.94. The van der Waals surface area contributed by atoms with E-state index in [1.54, 1.807) is 0 Å². The molecular formula is C11H15NO2. The zero-order valence-electron chi connectivity index (χ0n) is 8.29. The van der Waals surface area contributed by atoms with E-state index in [0.717, 1.165) is 19.1 Å². The highest BCUT2D eigenvalue weighted by atomic mass is 16.5. The van der Waals surface area contributed by atoms with Crippen LogP contribution in [0.4, 0.5) is 0 Å². The van der Waals surface area contributed by atoms with E-state index in [-0.39, 0.29) is 10.8 Å². The molecule has 3 nitrogen and oxygen atoms in total. The lowest BCUT2D eigenvalue weighted by Crippen LogP contribution is -2.67. The van der Waals surface area contributed by atoms with Crippen molar-refractivity contribution < 1.29 is 9.47 Å². The molecule has 14 heavy (non-hydrogen) atoms. The van der Waals surface area contributed by atoms with Crippen molar-refractivity contribution in [3.05, 3.63) is 0 Å². The van der Waals surface area contributed by atoms with Crippen molar-refractivity contribution in [2.45, 2.75) is 19.3 Å². The van der Waals surface area contributed by atoms with Crippen LogP contribution in [0.15, 0.2) is 0 Å². The highest BCUT2D eigenvalue weighted by Crippen LogP contribution is 2.59. The highest BCUT2D eigenvalue weighted by molar-refractivity contribution is 5.19. The van der Waals surface area contributed by atoms with E-state index in [4.69, 9.17) is 9.47 Å². The minimum Gasteiger partial charge on any atom is -0.380 e. The molecule has 0 atom stereocenters. The summed E-state index contributed by atoms with van der Waals surface area (Å²) < 4.78 is 10.6. The van der Waals surface area contributed by atoms with Crippen LogP contribution in [0, 0.1) is 28.1 Å². The van der Waals surface area contributed by atoms with Crippen LogP contribution in [0.5, 0.6) is 0 Å². The van der Waals surface area contributed by atoms with Crippen LogP contribution in [-0.4, -0.2) is 26.4 Å². The molecule has 3 heteroatoms. The second kappa shape index (κ2) is 2.71. The van der Waals surface area contributed by atoms with E-state index in [1.807, 2.05) is 0 Å². The van der Waals surface area contributed by atoms with Gasteiger partial charge in [0.05, 0.1) is 32.5 Å². The number of rotatable bonds is 2. The molecule has 0 N–H and O–H groups in total. The van der Waals surface area contributed by atoms with Gasteiger partial charge in [0.2, 0.25) is 0 Å². The first kappa shape index (κ1) is 8.70. The summed E-state index contributed by atoms with van der Waals surface area (Å²) in [5.41, 5.74) is -0.0609. The Morgan fingerprint density at radius 3 is 1.93 bits per heavy atom. The molecule has 1 saturated carbocycles. The maximum atomic E-state index is 9.32. The Balaban J connectivity index is 1.88. The van der Waals surface area contributed by atoms with Gasteiger partial charge < -0.3 is 9.47 Å². The van der Waals surface area contributed by atoms with Gasteiger partial charge in [-0.15, -0.1) is 0 Å². The van der Waals surface area contributed by atoms with E-state index >= 15 is 0 Å². The van der Waals surface area contributed by atoms with Crippen LogP contribution in [0.3, 0.4) is 0 Å². The molecular weight excluding hydrogens is 178 g/mol. The number of hydrogen-bond acceptors (Lipinski definition) is 3. The fraction of sp³-hybridized carbons (Fsp3) is 0.909. The summed E-state index contributed by atoms with van der Waals surface area (Å²) in [5, 5.41) is 9.32. The third kappa shape index (κ3) is 0.796. The van der Waals surface area contributed by atoms with Crippen molar-refractivity contribution in [2.75, 3.05) is 26.4 Å². The molecule has 3 rings (SSSR count). The van der Waals surface area contributed by atoms with Crippen molar-refractivity contribution in [3.8, 4) is 6.07 Å². The lowest BCUT2D eigenvalue weighted by atomic mass is 9.51. The first-order chi connectivity index (χ1) is 6.83. The van der Waals surface area contributed by atoms with Gasteiger partial charge in [0.15, 0.2) is 0 Å². The number of nitriles is 1. The summed E-state index contributed by atoms with van der Waals surface area (Å²) in [5.74, 6) is 0.722. The monoisotopic (exact) mass is 193 g/mol. The number of ether oxygens (including phenoxy) is 2. The fourth-order valence-electron chi connectivity index (χ4n) is 2.96. The van der Waals surface area contributed by atoms with Gasteiger partial charge in [-0.1, -0.05) is 6.42 Å². The Bertz CT molecular complexity index is 282. The highest BCUT2D eigenvalue weighted by Gasteiger charge is 2.64. The Hall–Kier alpha value is -0.590. The van der Waals surface area contributed by atoms with Gasteiger partial charge in [0, 0.05) is 5.41 Å². The van der Waals surface area contributed by atoms with Crippen molar-refractivity contribution in [2.24, 2.45) is 16.7 Å². The molecule has 0 unspecified atom stereocenters. The van der Waals surface area contributed by atoms with Gasteiger partial charge in [0.25, 0.3) is 0 Å². The van der Waals surface area contributed by atoms with Crippen LogP contribution >= 0.6 is 0 Å². The first-order valence-corrected chi connectivity index (χ1v) is 5.40. The smallest absolute Gasteiger partial charge is 0.114 e. The van der Waals surface area contributed by atoms with Crippen LogP contribution in [-0.2, 0) is 9.47 Å². The molecule has 1 aliphatic carbocycles.